The van der Waals surface area contributed by atoms with E-state index in [0.717, 1.165) is 5.56 Å². The third-order valence-corrected chi connectivity index (χ3v) is 6.74. The van der Waals surface area contributed by atoms with Crippen LogP contribution in [0.25, 0.3) is 6.08 Å². The number of nitriles is 1. The van der Waals surface area contributed by atoms with Gasteiger partial charge in [-0.1, -0.05) is 53.5 Å². The van der Waals surface area contributed by atoms with Crippen LogP contribution in [-0.4, -0.2) is 15.5 Å². The van der Waals surface area contributed by atoms with Crippen LogP contribution in [0.5, 0.6) is 11.5 Å². The summed E-state index contributed by atoms with van der Waals surface area (Å²) in [7, 11) is -2.46. The number of hydrogen-bond donors (Lipinski definition) is 0. The van der Waals surface area contributed by atoms with E-state index in [0.29, 0.717) is 27.1 Å². The number of sulfone groups is 1. The van der Waals surface area contributed by atoms with Crippen LogP contribution < -0.4 is 9.47 Å². The first-order valence-corrected chi connectivity index (χ1v) is 11.3. The minimum absolute atomic E-state index is 0.0522. The second-order valence-corrected chi connectivity index (χ2v) is 9.12. The molecule has 3 aromatic rings. The largest absolute Gasteiger partial charge is 0.493 e. The number of benzene rings is 3. The van der Waals surface area contributed by atoms with Crippen molar-refractivity contribution in [3.63, 3.8) is 0 Å². The summed E-state index contributed by atoms with van der Waals surface area (Å²) in [4.78, 5) is -0.318. The summed E-state index contributed by atoms with van der Waals surface area (Å²) in [6, 6.07) is 19.7. The number of hydrogen-bond acceptors (Lipinski definition) is 5. The van der Waals surface area contributed by atoms with Gasteiger partial charge in [0.1, 0.15) is 17.6 Å². The van der Waals surface area contributed by atoms with Crippen molar-refractivity contribution in [3.05, 3.63) is 92.8 Å². The van der Waals surface area contributed by atoms with Crippen molar-refractivity contribution in [2.45, 2.75) is 11.5 Å². The number of methoxy groups -OCH3 is 1. The molecule has 0 aliphatic heterocycles. The quantitative estimate of drug-likeness (QED) is 0.398. The van der Waals surface area contributed by atoms with Gasteiger partial charge in [-0.15, -0.1) is 0 Å². The third-order valence-electron chi connectivity index (χ3n) is 4.32. The van der Waals surface area contributed by atoms with Gasteiger partial charge in [0, 0.05) is 0 Å². The van der Waals surface area contributed by atoms with Crippen LogP contribution >= 0.6 is 23.2 Å². The van der Waals surface area contributed by atoms with Gasteiger partial charge in [0.25, 0.3) is 0 Å². The first-order valence-electron chi connectivity index (χ1n) is 9.02. The summed E-state index contributed by atoms with van der Waals surface area (Å²) in [6.45, 7) is 0.230. The Morgan fingerprint density at radius 1 is 1.00 bits per heavy atom. The summed E-state index contributed by atoms with van der Waals surface area (Å²) < 4.78 is 36.6. The molecular formula is C23H17Cl2NO4S. The Bertz CT molecular complexity index is 1270. The molecule has 0 saturated heterocycles. The lowest BCUT2D eigenvalue weighted by Gasteiger charge is -2.12. The Balaban J connectivity index is 1.86. The Morgan fingerprint density at radius 2 is 1.74 bits per heavy atom. The average molecular weight is 474 g/mol. The molecule has 0 fully saturated rings. The fourth-order valence-corrected chi connectivity index (χ4v) is 4.23. The highest BCUT2D eigenvalue weighted by Crippen LogP contribution is 2.31. The van der Waals surface area contributed by atoms with Gasteiger partial charge in [0.2, 0.25) is 9.84 Å². The summed E-state index contributed by atoms with van der Waals surface area (Å²) in [6.07, 6.45) is 1.30. The van der Waals surface area contributed by atoms with E-state index in [1.165, 1.54) is 25.3 Å². The van der Waals surface area contributed by atoms with E-state index < -0.39 is 9.84 Å². The molecule has 0 spiro atoms. The second-order valence-electron chi connectivity index (χ2n) is 6.38. The second kappa shape index (κ2) is 9.88. The Labute approximate surface area is 191 Å². The van der Waals surface area contributed by atoms with Crippen molar-refractivity contribution >= 4 is 39.1 Å². The highest BCUT2D eigenvalue weighted by atomic mass is 35.5. The lowest BCUT2D eigenvalue weighted by Crippen LogP contribution is -2.03. The summed E-state index contributed by atoms with van der Waals surface area (Å²) >= 11 is 11.9. The van der Waals surface area contributed by atoms with E-state index in [1.54, 1.807) is 60.7 Å². The van der Waals surface area contributed by atoms with E-state index in [4.69, 9.17) is 32.7 Å². The van der Waals surface area contributed by atoms with E-state index in [2.05, 4.69) is 0 Å². The Hall–Kier alpha value is -2.98. The van der Waals surface area contributed by atoms with Gasteiger partial charge in [-0.3, -0.25) is 0 Å². The van der Waals surface area contributed by atoms with Crippen LogP contribution in [0.2, 0.25) is 10.0 Å². The summed E-state index contributed by atoms with van der Waals surface area (Å²) in [5.41, 5.74) is 1.30. The maximum Gasteiger partial charge on any atom is 0.216 e. The van der Waals surface area contributed by atoms with Gasteiger partial charge in [-0.25, -0.2) is 8.42 Å². The van der Waals surface area contributed by atoms with Crippen LogP contribution in [0.15, 0.2) is 76.5 Å². The molecule has 0 amide bonds. The van der Waals surface area contributed by atoms with Gasteiger partial charge in [-0.05, 0) is 53.6 Å². The van der Waals surface area contributed by atoms with Gasteiger partial charge in [0.05, 0.1) is 22.1 Å². The first kappa shape index (κ1) is 22.7. The first-order chi connectivity index (χ1) is 14.8. The van der Waals surface area contributed by atoms with Crippen LogP contribution in [0, 0.1) is 11.3 Å². The monoisotopic (exact) mass is 473 g/mol. The smallest absolute Gasteiger partial charge is 0.216 e. The molecular weight excluding hydrogens is 457 g/mol. The minimum atomic E-state index is -3.93. The van der Waals surface area contributed by atoms with Gasteiger partial charge in [0.15, 0.2) is 11.5 Å². The van der Waals surface area contributed by atoms with Gasteiger partial charge < -0.3 is 9.47 Å². The zero-order valence-electron chi connectivity index (χ0n) is 16.4. The van der Waals surface area contributed by atoms with Crippen molar-refractivity contribution in [1.82, 2.24) is 0 Å². The number of ether oxygens (including phenoxy) is 2. The van der Waals surface area contributed by atoms with Crippen LogP contribution in [0.3, 0.4) is 0 Å². The van der Waals surface area contributed by atoms with Crippen LogP contribution in [0.4, 0.5) is 0 Å². The number of halogens is 2. The number of rotatable bonds is 7. The third kappa shape index (κ3) is 5.39. The summed E-state index contributed by atoms with van der Waals surface area (Å²) in [5.74, 6) is 0.846. The number of allylic oxidation sites excluding steroid dienone is 1. The Kier molecular flexibility index (Phi) is 7.24. The van der Waals surface area contributed by atoms with Crippen LogP contribution in [0.1, 0.15) is 11.1 Å². The van der Waals surface area contributed by atoms with E-state index in [-0.39, 0.29) is 16.4 Å². The van der Waals surface area contributed by atoms with E-state index >= 15 is 0 Å². The number of nitrogens with zero attached hydrogens (tertiary/aromatic N) is 1. The Morgan fingerprint density at radius 3 is 2.39 bits per heavy atom. The van der Waals surface area contributed by atoms with Crippen molar-refractivity contribution in [2.75, 3.05) is 7.11 Å². The van der Waals surface area contributed by atoms with E-state index in [9.17, 15) is 13.7 Å². The van der Waals surface area contributed by atoms with Crippen molar-refractivity contribution in [2.24, 2.45) is 0 Å². The van der Waals surface area contributed by atoms with Gasteiger partial charge in [-0.2, -0.15) is 5.26 Å². The lowest BCUT2D eigenvalue weighted by atomic mass is 10.2. The molecule has 0 heterocycles. The molecule has 0 aliphatic carbocycles. The predicted molar refractivity (Wildman–Crippen MR) is 121 cm³/mol. The van der Waals surface area contributed by atoms with Crippen LogP contribution in [-0.2, 0) is 16.4 Å². The molecule has 0 atom stereocenters. The topological polar surface area (TPSA) is 76.4 Å². The van der Waals surface area contributed by atoms with Crippen molar-refractivity contribution in [3.8, 4) is 17.6 Å². The molecule has 3 rings (SSSR count). The zero-order chi connectivity index (χ0) is 22.4. The minimum Gasteiger partial charge on any atom is -0.493 e. The molecule has 0 radical (unpaired) electrons. The molecule has 3 aromatic carbocycles. The highest BCUT2D eigenvalue weighted by molar-refractivity contribution is 7.95. The normalized spacial score (nSPS) is 11.6. The lowest BCUT2D eigenvalue weighted by molar-refractivity contribution is 0.284. The molecule has 5 nitrogen and oxygen atoms in total. The average Bonchev–Trinajstić information content (AvgIpc) is 2.79. The van der Waals surface area contributed by atoms with Gasteiger partial charge >= 0.3 is 0 Å². The fourth-order valence-electron chi connectivity index (χ4n) is 2.73. The summed E-state index contributed by atoms with van der Waals surface area (Å²) in [5, 5.41) is 10.3. The van der Waals surface area contributed by atoms with Crippen molar-refractivity contribution in [1.29, 1.82) is 5.26 Å². The molecule has 0 N–H and O–H groups in total. The maximum atomic E-state index is 12.7. The molecule has 0 saturated carbocycles. The SMILES string of the molecule is COc1cc(/C=C(/C#N)S(=O)(=O)c2ccccc2)ccc1OCc1ccc(Cl)c(Cl)c1. The molecule has 0 aromatic heterocycles. The highest BCUT2D eigenvalue weighted by Gasteiger charge is 2.20. The molecule has 0 unspecified atom stereocenters. The van der Waals surface area contributed by atoms with E-state index in [1.807, 2.05) is 0 Å². The molecule has 158 valence electrons. The molecule has 0 aliphatic rings. The fraction of sp³-hybridized carbons (Fsp3) is 0.0870. The molecule has 0 bridgehead atoms. The molecule has 8 heteroatoms. The standard InChI is InChI=1S/C23H17Cl2NO4S/c1-29-23-13-16(11-19(14-26)31(27,28)18-5-3-2-4-6-18)8-10-22(23)30-15-17-7-9-20(24)21(25)12-17/h2-13H,15H2,1H3/b19-11-. The molecule has 31 heavy (non-hydrogen) atoms. The predicted octanol–water partition coefficient (Wildman–Crippen LogP) is 5.92. The van der Waals surface area contributed by atoms with Crippen molar-refractivity contribution < 1.29 is 17.9 Å². The maximum absolute atomic E-state index is 12.7. The zero-order valence-corrected chi connectivity index (χ0v) is 18.7.